The summed E-state index contributed by atoms with van der Waals surface area (Å²) >= 11 is 10.8. The van der Waals surface area contributed by atoms with Crippen molar-refractivity contribution in [1.82, 2.24) is 0 Å². The Morgan fingerprint density at radius 2 is 1.12 bits per heavy atom. The molecule has 0 atom stereocenters. The Balaban J connectivity index is 2.14. The Kier molecular flexibility index (Phi) is 7.85. The van der Waals surface area contributed by atoms with Gasteiger partial charge >= 0.3 is 0 Å². The van der Waals surface area contributed by atoms with E-state index in [1.165, 1.54) is 63.8 Å². The van der Waals surface area contributed by atoms with Crippen molar-refractivity contribution in [3.8, 4) is 19.5 Å². The summed E-state index contributed by atoms with van der Waals surface area (Å²) in [5, 5.41) is 0. The van der Waals surface area contributed by atoms with Gasteiger partial charge in [0.2, 0.25) is 0 Å². The highest BCUT2D eigenvalue weighted by Gasteiger charge is 2.21. The van der Waals surface area contributed by atoms with E-state index in [1.807, 2.05) is 34.0 Å². The van der Waals surface area contributed by atoms with Crippen LogP contribution in [-0.4, -0.2) is 0 Å². The van der Waals surface area contributed by atoms with E-state index in [9.17, 15) is 0 Å². The Morgan fingerprint density at radius 3 is 1.44 bits per heavy atom. The van der Waals surface area contributed by atoms with Crippen LogP contribution in [0, 0.1) is 5.77 Å². The molecule has 0 nitrogen and oxygen atoms in total. The highest BCUT2D eigenvalue weighted by molar-refractivity contribution is 14.1. The van der Waals surface area contributed by atoms with Crippen LogP contribution in [0.15, 0.2) is 24.3 Å². The molecule has 0 aliphatic heterocycles. The molecule has 0 N–H and O–H groups in total. The van der Waals surface area contributed by atoms with Crippen molar-refractivity contribution < 1.29 is 0 Å². The van der Waals surface area contributed by atoms with Crippen LogP contribution >= 0.6 is 79.2 Å². The van der Waals surface area contributed by atoms with Crippen LogP contribution in [0.1, 0.15) is 50.7 Å². The SMILES string of the molecule is CCCCc1c(-c2ccc(I)s2)sc(-c2ccc(I)s2)c1CCCC. The lowest BCUT2D eigenvalue weighted by Gasteiger charge is -2.08. The fraction of sp³-hybridized carbons (Fsp3) is 0.400. The summed E-state index contributed by atoms with van der Waals surface area (Å²) in [6.07, 6.45) is 7.53. The van der Waals surface area contributed by atoms with Gasteiger partial charge in [-0.1, -0.05) is 26.7 Å². The van der Waals surface area contributed by atoms with E-state index in [0.29, 0.717) is 0 Å². The molecule has 25 heavy (non-hydrogen) atoms. The Morgan fingerprint density at radius 1 is 0.680 bits per heavy atom. The molecule has 0 spiro atoms. The average Bonchev–Trinajstić information content (AvgIpc) is 3.29. The Labute approximate surface area is 190 Å². The first-order chi connectivity index (χ1) is 12.1. The zero-order valence-electron chi connectivity index (χ0n) is 14.5. The molecule has 0 amide bonds. The second kappa shape index (κ2) is 9.66. The van der Waals surface area contributed by atoms with Crippen LogP contribution < -0.4 is 0 Å². The van der Waals surface area contributed by atoms with E-state index in [0.717, 1.165) is 0 Å². The first-order valence-corrected chi connectivity index (χ1v) is 13.4. The fourth-order valence-corrected chi connectivity index (χ4v) is 7.92. The average molecular weight is 612 g/mol. The molecule has 0 saturated heterocycles. The van der Waals surface area contributed by atoms with Crippen molar-refractivity contribution >= 4 is 79.2 Å². The number of halogens is 2. The topological polar surface area (TPSA) is 0 Å². The van der Waals surface area contributed by atoms with E-state index in [1.54, 1.807) is 11.1 Å². The molecule has 0 unspecified atom stereocenters. The van der Waals surface area contributed by atoms with Gasteiger partial charge in [-0.2, -0.15) is 0 Å². The van der Waals surface area contributed by atoms with Crippen LogP contribution in [0.3, 0.4) is 0 Å². The molecule has 0 aromatic carbocycles. The first kappa shape index (κ1) is 20.3. The van der Waals surface area contributed by atoms with Crippen molar-refractivity contribution in [3.63, 3.8) is 0 Å². The summed E-state index contributed by atoms with van der Waals surface area (Å²) in [6.45, 7) is 4.60. The van der Waals surface area contributed by atoms with Gasteiger partial charge in [0.25, 0.3) is 0 Å². The molecular weight excluding hydrogens is 590 g/mol. The predicted octanol–water partition coefficient (Wildman–Crippen LogP) is 9.10. The van der Waals surface area contributed by atoms with Gasteiger partial charge < -0.3 is 0 Å². The monoisotopic (exact) mass is 612 g/mol. The third-order valence-corrected chi connectivity index (χ3v) is 9.69. The van der Waals surface area contributed by atoms with Crippen molar-refractivity contribution in [3.05, 3.63) is 41.2 Å². The molecule has 5 heteroatoms. The van der Waals surface area contributed by atoms with Gasteiger partial charge in [0.05, 0.1) is 5.77 Å². The van der Waals surface area contributed by atoms with Crippen LogP contribution in [0.5, 0.6) is 0 Å². The standard InChI is InChI=1S/C20H22I2S3/c1-3-5-7-13-14(8-6-4-2)20(16-10-12-18(22)24-16)25-19(13)15-9-11-17(21)23-15/h9-12H,3-8H2,1-2H3. The van der Waals surface area contributed by atoms with Crippen molar-refractivity contribution in [2.24, 2.45) is 0 Å². The molecule has 134 valence electrons. The molecule has 0 aliphatic carbocycles. The maximum absolute atomic E-state index is 2.45. The number of unbranched alkanes of at least 4 members (excludes halogenated alkanes) is 2. The van der Waals surface area contributed by atoms with Crippen molar-refractivity contribution in [1.29, 1.82) is 0 Å². The van der Waals surface area contributed by atoms with Gasteiger partial charge in [0.15, 0.2) is 0 Å². The Hall–Kier alpha value is 0.560. The maximum Gasteiger partial charge on any atom is 0.0660 e. The van der Waals surface area contributed by atoms with Gasteiger partial charge in [-0.25, -0.2) is 0 Å². The second-order valence-corrected chi connectivity index (χ2v) is 13.1. The quantitative estimate of drug-likeness (QED) is 0.223. The summed E-state index contributed by atoms with van der Waals surface area (Å²) in [7, 11) is 0. The number of thiophene rings is 3. The molecule has 3 aromatic heterocycles. The largest absolute Gasteiger partial charge is 0.133 e. The highest BCUT2D eigenvalue weighted by Crippen LogP contribution is 2.47. The van der Waals surface area contributed by atoms with Crippen molar-refractivity contribution in [2.45, 2.75) is 52.4 Å². The molecule has 0 saturated carbocycles. The van der Waals surface area contributed by atoms with Gasteiger partial charge in [-0.3, -0.25) is 0 Å². The minimum absolute atomic E-state index is 1.22. The fourth-order valence-electron chi connectivity index (χ4n) is 3.01. The molecule has 3 heterocycles. The zero-order chi connectivity index (χ0) is 17.8. The highest BCUT2D eigenvalue weighted by atomic mass is 127. The lowest BCUT2D eigenvalue weighted by atomic mass is 9.97. The lowest BCUT2D eigenvalue weighted by Crippen LogP contribution is -1.94. The minimum Gasteiger partial charge on any atom is -0.133 e. The van der Waals surface area contributed by atoms with Crippen LogP contribution in [0.4, 0.5) is 0 Å². The van der Waals surface area contributed by atoms with Crippen molar-refractivity contribution in [2.75, 3.05) is 0 Å². The zero-order valence-corrected chi connectivity index (χ0v) is 21.3. The van der Waals surface area contributed by atoms with E-state index in [4.69, 9.17) is 0 Å². The smallest absolute Gasteiger partial charge is 0.0660 e. The maximum atomic E-state index is 2.45. The van der Waals surface area contributed by atoms with E-state index in [-0.39, 0.29) is 0 Å². The minimum atomic E-state index is 1.22. The van der Waals surface area contributed by atoms with Gasteiger partial charge in [-0.15, -0.1) is 34.0 Å². The van der Waals surface area contributed by atoms with Crippen LogP contribution in [0.2, 0.25) is 0 Å². The summed E-state index contributed by atoms with van der Waals surface area (Å²) in [6, 6.07) is 9.14. The molecule has 0 bridgehead atoms. The van der Waals surface area contributed by atoms with Crippen LogP contribution in [-0.2, 0) is 12.8 Å². The first-order valence-electron chi connectivity index (χ1n) is 8.80. The normalized spacial score (nSPS) is 11.4. The third-order valence-electron chi connectivity index (χ3n) is 4.27. The van der Waals surface area contributed by atoms with Gasteiger partial charge in [0.1, 0.15) is 0 Å². The van der Waals surface area contributed by atoms with E-state index < -0.39 is 0 Å². The molecule has 3 rings (SSSR count). The molecular formula is C20H22I2S3. The number of hydrogen-bond donors (Lipinski definition) is 0. The second-order valence-electron chi connectivity index (χ2n) is 6.13. The molecule has 0 fully saturated rings. The number of rotatable bonds is 8. The van der Waals surface area contributed by atoms with E-state index in [2.05, 4.69) is 83.3 Å². The van der Waals surface area contributed by atoms with Gasteiger partial charge in [0, 0.05) is 19.5 Å². The summed E-state index contributed by atoms with van der Waals surface area (Å²) < 4.78 is 2.76. The third kappa shape index (κ3) is 4.89. The van der Waals surface area contributed by atoms with Crippen LogP contribution in [0.25, 0.3) is 19.5 Å². The predicted molar refractivity (Wildman–Crippen MR) is 134 cm³/mol. The summed E-state index contributed by atoms with van der Waals surface area (Å²) in [5.41, 5.74) is 3.27. The lowest BCUT2D eigenvalue weighted by molar-refractivity contribution is 0.764. The van der Waals surface area contributed by atoms with E-state index >= 15 is 0 Å². The molecule has 0 radical (unpaired) electrons. The Bertz CT molecular complexity index is 759. The van der Waals surface area contributed by atoms with Gasteiger partial charge in [-0.05, 0) is 106 Å². The summed E-state index contributed by atoms with van der Waals surface area (Å²) in [5.74, 6) is 0. The number of hydrogen-bond acceptors (Lipinski definition) is 3. The molecule has 3 aromatic rings. The summed E-state index contributed by atoms with van der Waals surface area (Å²) in [4.78, 5) is 5.98. The molecule has 0 aliphatic rings.